The molecule has 0 aliphatic heterocycles. The van der Waals surface area contributed by atoms with Gasteiger partial charge in [0.1, 0.15) is 11.5 Å². The second-order valence-corrected chi connectivity index (χ2v) is 3.37. The Balaban J connectivity index is 2.06. The first kappa shape index (κ1) is 10.2. The topological polar surface area (TPSA) is 112 Å². The summed E-state index contributed by atoms with van der Waals surface area (Å²) in [5.74, 6) is 0.380. The van der Waals surface area contributed by atoms with Gasteiger partial charge >= 0.3 is 0 Å². The molecule has 2 heterocycles. The summed E-state index contributed by atoms with van der Waals surface area (Å²) in [5, 5.41) is 8.96. The molecule has 0 fully saturated rings. The molecule has 16 heavy (non-hydrogen) atoms. The number of aromatic nitrogens is 4. The van der Waals surface area contributed by atoms with Crippen LogP contribution in [-0.4, -0.2) is 26.1 Å². The van der Waals surface area contributed by atoms with Gasteiger partial charge in [-0.3, -0.25) is 9.89 Å². The number of nitrogens with zero attached hydrogens (tertiary/aromatic N) is 2. The number of nitrogens with two attached hydrogens (primary N) is 1. The molecule has 0 bridgehead atoms. The molecule has 7 nitrogen and oxygen atoms in total. The Bertz CT molecular complexity index is 474. The standard InChI is InChI=1S/C9H12N6O/c1-5(8-11-2-3-12-8)14-9(16)7-6(10)4-13-15-7/h2-5H,10H2,1H3,(H,11,12)(H,13,15)(H,14,16). The average molecular weight is 220 g/mol. The minimum atomic E-state index is -0.307. The van der Waals surface area contributed by atoms with Crippen molar-refractivity contribution < 1.29 is 4.79 Å². The minimum Gasteiger partial charge on any atom is -0.396 e. The van der Waals surface area contributed by atoms with Gasteiger partial charge in [-0.25, -0.2) is 4.98 Å². The molecule has 5 N–H and O–H groups in total. The highest BCUT2D eigenvalue weighted by atomic mass is 16.2. The van der Waals surface area contributed by atoms with Crippen LogP contribution < -0.4 is 11.1 Å². The van der Waals surface area contributed by atoms with Crippen LogP contribution in [-0.2, 0) is 0 Å². The van der Waals surface area contributed by atoms with Crippen LogP contribution in [0.1, 0.15) is 29.3 Å². The molecule has 0 radical (unpaired) electrons. The zero-order valence-electron chi connectivity index (χ0n) is 8.69. The first-order valence-corrected chi connectivity index (χ1v) is 4.77. The molecule has 0 saturated carbocycles. The average Bonchev–Trinajstić information content (AvgIpc) is 2.86. The number of hydrogen-bond acceptors (Lipinski definition) is 4. The van der Waals surface area contributed by atoms with Crippen LogP contribution in [0.5, 0.6) is 0 Å². The van der Waals surface area contributed by atoms with E-state index in [4.69, 9.17) is 5.73 Å². The number of carbonyl (C=O) groups is 1. The van der Waals surface area contributed by atoms with E-state index in [-0.39, 0.29) is 17.6 Å². The molecule has 0 aliphatic carbocycles. The quantitative estimate of drug-likeness (QED) is 0.592. The third-order valence-corrected chi connectivity index (χ3v) is 2.17. The van der Waals surface area contributed by atoms with E-state index in [9.17, 15) is 4.79 Å². The molecule has 2 rings (SSSR count). The van der Waals surface area contributed by atoms with Crippen LogP contribution in [0.15, 0.2) is 18.6 Å². The van der Waals surface area contributed by atoms with Gasteiger partial charge in [-0.15, -0.1) is 0 Å². The number of imidazole rings is 1. The molecule has 0 spiro atoms. The van der Waals surface area contributed by atoms with Crippen molar-refractivity contribution in [3.8, 4) is 0 Å². The van der Waals surface area contributed by atoms with E-state index in [2.05, 4.69) is 25.5 Å². The van der Waals surface area contributed by atoms with Crippen LogP contribution >= 0.6 is 0 Å². The fraction of sp³-hybridized carbons (Fsp3) is 0.222. The maximum Gasteiger partial charge on any atom is 0.272 e. The monoisotopic (exact) mass is 220 g/mol. The predicted octanol–water partition coefficient (Wildman–Crippen LogP) is 0.206. The van der Waals surface area contributed by atoms with E-state index in [1.54, 1.807) is 12.4 Å². The van der Waals surface area contributed by atoms with Gasteiger partial charge in [0.15, 0.2) is 0 Å². The van der Waals surface area contributed by atoms with E-state index in [1.807, 2.05) is 6.92 Å². The van der Waals surface area contributed by atoms with E-state index in [1.165, 1.54) is 6.20 Å². The van der Waals surface area contributed by atoms with Crippen LogP contribution in [0, 0.1) is 0 Å². The molecular formula is C9H12N6O. The van der Waals surface area contributed by atoms with Crippen LogP contribution in [0.3, 0.4) is 0 Å². The van der Waals surface area contributed by atoms with Crippen LogP contribution in [0.2, 0.25) is 0 Å². The third-order valence-electron chi connectivity index (χ3n) is 2.17. The van der Waals surface area contributed by atoms with E-state index in [0.29, 0.717) is 11.5 Å². The third kappa shape index (κ3) is 1.88. The molecule has 0 aromatic carbocycles. The van der Waals surface area contributed by atoms with Gasteiger partial charge in [-0.05, 0) is 6.92 Å². The lowest BCUT2D eigenvalue weighted by atomic mass is 10.3. The summed E-state index contributed by atoms with van der Waals surface area (Å²) >= 11 is 0. The van der Waals surface area contributed by atoms with Crippen molar-refractivity contribution in [2.45, 2.75) is 13.0 Å². The SMILES string of the molecule is CC(NC(=O)c1[nH]ncc1N)c1ncc[nH]1. The van der Waals surface area contributed by atoms with Gasteiger partial charge in [0, 0.05) is 12.4 Å². The lowest BCUT2D eigenvalue weighted by Gasteiger charge is -2.10. The van der Waals surface area contributed by atoms with Crippen molar-refractivity contribution in [3.05, 3.63) is 30.1 Å². The summed E-state index contributed by atoms with van der Waals surface area (Å²) in [7, 11) is 0. The van der Waals surface area contributed by atoms with Crippen molar-refractivity contribution in [1.82, 2.24) is 25.5 Å². The van der Waals surface area contributed by atoms with Crippen molar-refractivity contribution in [2.24, 2.45) is 0 Å². The Hall–Kier alpha value is -2.31. The lowest BCUT2D eigenvalue weighted by Crippen LogP contribution is -2.28. The minimum absolute atomic E-state index is 0.217. The summed E-state index contributed by atoms with van der Waals surface area (Å²) in [6.07, 6.45) is 4.72. The van der Waals surface area contributed by atoms with Gasteiger partial charge in [-0.1, -0.05) is 0 Å². The van der Waals surface area contributed by atoms with Gasteiger partial charge in [0.2, 0.25) is 0 Å². The van der Waals surface area contributed by atoms with Crippen LogP contribution in [0.25, 0.3) is 0 Å². The van der Waals surface area contributed by atoms with E-state index >= 15 is 0 Å². The summed E-state index contributed by atoms with van der Waals surface area (Å²) in [6.45, 7) is 1.82. The Morgan fingerprint density at radius 3 is 3.00 bits per heavy atom. The summed E-state index contributed by atoms with van der Waals surface area (Å²) in [6, 6.07) is -0.217. The number of aromatic amines is 2. The predicted molar refractivity (Wildman–Crippen MR) is 57.5 cm³/mol. The number of rotatable bonds is 3. The van der Waals surface area contributed by atoms with Crippen molar-refractivity contribution in [1.29, 1.82) is 0 Å². The van der Waals surface area contributed by atoms with Gasteiger partial charge in [-0.2, -0.15) is 5.10 Å². The first-order valence-electron chi connectivity index (χ1n) is 4.77. The van der Waals surface area contributed by atoms with E-state index < -0.39 is 0 Å². The Labute approximate surface area is 91.5 Å². The maximum atomic E-state index is 11.7. The highest BCUT2D eigenvalue weighted by molar-refractivity contribution is 5.97. The second kappa shape index (κ2) is 4.05. The second-order valence-electron chi connectivity index (χ2n) is 3.37. The smallest absolute Gasteiger partial charge is 0.272 e. The Kier molecular flexibility index (Phi) is 2.59. The number of nitrogens with one attached hydrogen (secondary N) is 3. The molecule has 1 amide bonds. The molecule has 7 heteroatoms. The molecule has 84 valence electrons. The largest absolute Gasteiger partial charge is 0.396 e. The number of carbonyl (C=O) groups excluding carboxylic acids is 1. The Morgan fingerprint density at radius 2 is 2.44 bits per heavy atom. The molecule has 2 aromatic rings. The normalized spacial score (nSPS) is 12.3. The molecule has 0 aliphatic rings. The molecular weight excluding hydrogens is 208 g/mol. The fourth-order valence-electron chi connectivity index (χ4n) is 1.33. The van der Waals surface area contributed by atoms with Crippen molar-refractivity contribution in [2.75, 3.05) is 5.73 Å². The zero-order chi connectivity index (χ0) is 11.5. The van der Waals surface area contributed by atoms with Crippen molar-refractivity contribution >= 4 is 11.6 Å². The number of nitrogen functional groups attached to an aromatic ring is 1. The highest BCUT2D eigenvalue weighted by Gasteiger charge is 2.16. The van der Waals surface area contributed by atoms with Crippen molar-refractivity contribution in [3.63, 3.8) is 0 Å². The fourth-order valence-corrected chi connectivity index (χ4v) is 1.33. The number of anilines is 1. The highest BCUT2D eigenvalue weighted by Crippen LogP contribution is 2.10. The molecule has 2 aromatic heterocycles. The maximum absolute atomic E-state index is 11.7. The summed E-state index contributed by atoms with van der Waals surface area (Å²) in [4.78, 5) is 18.7. The summed E-state index contributed by atoms with van der Waals surface area (Å²) < 4.78 is 0. The van der Waals surface area contributed by atoms with E-state index in [0.717, 1.165) is 0 Å². The molecule has 1 unspecified atom stereocenters. The van der Waals surface area contributed by atoms with Gasteiger partial charge in [0.25, 0.3) is 5.91 Å². The number of hydrogen-bond donors (Lipinski definition) is 4. The molecule has 0 saturated heterocycles. The molecule has 1 atom stereocenters. The van der Waals surface area contributed by atoms with Crippen LogP contribution in [0.4, 0.5) is 5.69 Å². The summed E-state index contributed by atoms with van der Waals surface area (Å²) in [5.41, 5.74) is 6.14. The zero-order valence-corrected chi connectivity index (χ0v) is 8.69. The number of amides is 1. The number of H-pyrrole nitrogens is 2. The van der Waals surface area contributed by atoms with Gasteiger partial charge in [0.05, 0.1) is 17.9 Å². The lowest BCUT2D eigenvalue weighted by molar-refractivity contribution is 0.0934. The van der Waals surface area contributed by atoms with Gasteiger partial charge < -0.3 is 16.0 Å². The first-order chi connectivity index (χ1) is 7.68. The Morgan fingerprint density at radius 1 is 1.62 bits per heavy atom.